The molecule has 2 bridgehead atoms. The van der Waals surface area contributed by atoms with Crippen molar-refractivity contribution in [2.45, 2.75) is 219 Å². The molecule has 8 aliphatic rings. The summed E-state index contributed by atoms with van der Waals surface area (Å²) in [6, 6.07) is 0. The van der Waals surface area contributed by atoms with Crippen molar-refractivity contribution in [2.75, 3.05) is 40.1 Å². The van der Waals surface area contributed by atoms with E-state index in [0.717, 1.165) is 13.5 Å². The van der Waals surface area contributed by atoms with E-state index in [1.807, 2.05) is 6.92 Å². The van der Waals surface area contributed by atoms with Crippen LogP contribution in [0.3, 0.4) is 0 Å². The highest BCUT2D eigenvalue weighted by Gasteiger charge is 2.70. The van der Waals surface area contributed by atoms with E-state index in [0.29, 0.717) is 56.9 Å². The molecule has 16 N–H and O–H groups in total. The molecule has 1 spiro atoms. The minimum Gasteiger partial charge on any atom is -0.432 e. The highest BCUT2D eigenvalue weighted by atomic mass is 16.8. The largest absolute Gasteiger partial charge is 0.432 e. The molecule has 8 fully saturated rings. The third-order valence-corrected chi connectivity index (χ3v) is 18.5. The lowest BCUT2D eigenvalue weighted by Gasteiger charge is -2.64. The standard InChI is InChI=1S/C49H80O27/c1-19-12-48-10-6-25-46(2,8-5-9-47(25,3)45(66)75-43-37(64)33(60)28(55)22(15-52)70-43)26(48)7-11-49(19,18-48)76-44-39(38(30(57)23(16-53)71-44)73-40(65)31(58)20(13-50)67-4)74-42-36(63)34(61)29(56)24(72-42)17-68-41-35(62)32(59)27(54)21(14-51)69-41/h20-44,50-65H,1,5-18H2,2-4H3/t20?,21?,22?,23?,24?,25-,26-,27+,28+,29+,30+,31+,32?,33?,34?,35?,36?,37?,38?,39?,40?,41-,42-,43-,44-,46+,47+,48+,49-/m0/s1. The van der Waals surface area contributed by atoms with E-state index in [1.165, 1.54) is 0 Å². The van der Waals surface area contributed by atoms with E-state index >= 15 is 0 Å². The molecule has 0 aromatic carbocycles. The Kier molecular flexibility index (Phi) is 18.7. The zero-order chi connectivity index (χ0) is 55.6. The molecular formula is C49H80O27. The quantitative estimate of drug-likeness (QED) is 0.0263. The summed E-state index contributed by atoms with van der Waals surface area (Å²) in [5.41, 5.74) is -2.57. The predicted octanol–water partition coefficient (Wildman–Crippen LogP) is -6.40. The SMILES string of the molecule is C=C1C[C@@]23CC[C@H]4[C@@](C)(CCC[C@@]4(C)C(=O)O[C@@H]4OC(CO)[C@@H](O)C(O)C4O)[C@@H]2CC[C@]1(O[C@@H]1OC(CO)[C@@H](O)C(OC(O)[C@H](O)C(CO)OC)C1O[C@@H]1OC(CO[C@H]2OC(CO)[C@@H](O)C(O)C2O)[C@@H](O)C(O)C1O)C3. The molecule has 14 unspecified atom stereocenters. The van der Waals surface area contributed by atoms with Crippen molar-refractivity contribution in [3.63, 3.8) is 0 Å². The highest BCUT2D eigenvalue weighted by Crippen LogP contribution is 2.74. The maximum atomic E-state index is 14.4. The van der Waals surface area contributed by atoms with Crippen LogP contribution in [0.5, 0.6) is 0 Å². The molecular weight excluding hydrogens is 1020 g/mol. The molecule has 4 aliphatic heterocycles. The number of hydrogen-bond donors (Lipinski definition) is 16. The van der Waals surface area contributed by atoms with Crippen LogP contribution < -0.4 is 0 Å². The Morgan fingerprint density at radius 3 is 1.79 bits per heavy atom. The van der Waals surface area contributed by atoms with Crippen molar-refractivity contribution < 1.29 is 134 Å². The molecule has 0 amide bonds. The molecule has 0 radical (unpaired) electrons. The first-order chi connectivity index (χ1) is 35.9. The number of carbonyl (C=O) groups is 1. The van der Waals surface area contributed by atoms with Crippen molar-refractivity contribution in [1.82, 2.24) is 0 Å². The van der Waals surface area contributed by atoms with Crippen molar-refractivity contribution >= 4 is 5.97 Å². The number of ether oxygens (including phenoxy) is 10. The number of carbonyl (C=O) groups excluding carboxylic acids is 1. The maximum absolute atomic E-state index is 14.4. The first-order valence-electron chi connectivity index (χ1n) is 26.1. The summed E-state index contributed by atoms with van der Waals surface area (Å²) >= 11 is 0. The molecule has 438 valence electrons. The van der Waals surface area contributed by atoms with Crippen LogP contribution in [0.1, 0.15) is 71.6 Å². The highest BCUT2D eigenvalue weighted by molar-refractivity contribution is 5.77. The molecule has 29 atom stereocenters. The van der Waals surface area contributed by atoms with Crippen LogP contribution in [0.2, 0.25) is 0 Å². The second-order valence-corrected chi connectivity index (χ2v) is 22.8. The van der Waals surface area contributed by atoms with Crippen molar-refractivity contribution in [3.8, 4) is 0 Å². The lowest BCUT2D eigenvalue weighted by molar-refractivity contribution is -0.393. The Morgan fingerprint density at radius 1 is 0.645 bits per heavy atom. The molecule has 0 aromatic rings. The normalized spacial score (nSPS) is 50.8. The van der Waals surface area contributed by atoms with Crippen LogP contribution in [-0.2, 0) is 52.2 Å². The zero-order valence-electron chi connectivity index (χ0n) is 42.7. The number of fused-ring (bicyclic) bond motifs is 3. The Bertz CT molecular complexity index is 1970. The van der Waals surface area contributed by atoms with Crippen LogP contribution in [0, 0.1) is 28.1 Å². The fourth-order valence-corrected chi connectivity index (χ4v) is 14.3. The summed E-state index contributed by atoms with van der Waals surface area (Å²) < 4.78 is 58.9. The summed E-state index contributed by atoms with van der Waals surface area (Å²) in [4.78, 5) is 14.4. The van der Waals surface area contributed by atoms with Gasteiger partial charge in [-0.25, -0.2) is 0 Å². The zero-order valence-corrected chi connectivity index (χ0v) is 42.7. The number of rotatable bonds is 18. The summed E-state index contributed by atoms with van der Waals surface area (Å²) in [7, 11) is 1.15. The summed E-state index contributed by atoms with van der Waals surface area (Å²) in [6.45, 7) is 4.63. The van der Waals surface area contributed by atoms with Gasteiger partial charge >= 0.3 is 5.97 Å². The van der Waals surface area contributed by atoms with E-state index in [2.05, 4.69) is 13.5 Å². The van der Waals surface area contributed by atoms with Gasteiger partial charge in [-0.3, -0.25) is 4.79 Å². The van der Waals surface area contributed by atoms with Gasteiger partial charge in [0.2, 0.25) is 6.29 Å². The molecule has 76 heavy (non-hydrogen) atoms. The average molecular weight is 1100 g/mol. The average Bonchev–Trinajstić information content (AvgIpc) is 3.61. The van der Waals surface area contributed by atoms with Gasteiger partial charge in [-0.05, 0) is 86.5 Å². The first-order valence-corrected chi connectivity index (χ1v) is 26.1. The number of methoxy groups -OCH3 is 1. The minimum absolute atomic E-state index is 0.0189. The summed E-state index contributed by atoms with van der Waals surface area (Å²) in [5, 5.41) is 170. The van der Waals surface area contributed by atoms with Gasteiger partial charge in [0.05, 0.1) is 44.1 Å². The smallest absolute Gasteiger partial charge is 0.314 e. The third kappa shape index (κ3) is 10.7. The van der Waals surface area contributed by atoms with Crippen LogP contribution >= 0.6 is 0 Å². The predicted molar refractivity (Wildman–Crippen MR) is 248 cm³/mol. The van der Waals surface area contributed by atoms with Gasteiger partial charge in [0.15, 0.2) is 25.2 Å². The molecule has 4 saturated heterocycles. The number of aliphatic hydroxyl groups is 16. The van der Waals surface area contributed by atoms with Crippen molar-refractivity contribution in [1.29, 1.82) is 0 Å². The molecule has 4 aliphatic carbocycles. The fraction of sp³-hybridized carbons (Fsp3) is 0.939. The number of aliphatic hydroxyl groups excluding tert-OH is 16. The van der Waals surface area contributed by atoms with Gasteiger partial charge in [-0.2, -0.15) is 0 Å². The number of esters is 1. The van der Waals surface area contributed by atoms with Gasteiger partial charge in [-0.1, -0.05) is 19.9 Å². The Morgan fingerprint density at radius 2 is 1.18 bits per heavy atom. The first kappa shape index (κ1) is 60.3. The Labute approximate surface area is 438 Å². The topological polar surface area (TPSA) is 433 Å². The maximum Gasteiger partial charge on any atom is 0.314 e. The van der Waals surface area contributed by atoms with Gasteiger partial charge in [0.25, 0.3) is 0 Å². The van der Waals surface area contributed by atoms with E-state index in [1.54, 1.807) is 0 Å². The van der Waals surface area contributed by atoms with E-state index < -0.39 is 202 Å². The van der Waals surface area contributed by atoms with E-state index in [-0.39, 0.29) is 11.8 Å². The second kappa shape index (κ2) is 23.6. The Balaban J connectivity index is 1.05. The lowest BCUT2D eigenvalue weighted by atomic mass is 9.41. The van der Waals surface area contributed by atoms with Gasteiger partial charge in [-0.15, -0.1) is 0 Å². The minimum atomic E-state index is -2.24. The molecule has 27 heteroatoms. The van der Waals surface area contributed by atoms with Gasteiger partial charge < -0.3 is 129 Å². The van der Waals surface area contributed by atoms with Crippen LogP contribution in [0.25, 0.3) is 0 Å². The van der Waals surface area contributed by atoms with Gasteiger partial charge in [0.1, 0.15) is 110 Å². The van der Waals surface area contributed by atoms with E-state index in [4.69, 9.17) is 47.4 Å². The van der Waals surface area contributed by atoms with Crippen molar-refractivity contribution in [3.05, 3.63) is 12.2 Å². The van der Waals surface area contributed by atoms with E-state index in [9.17, 15) is 86.5 Å². The molecule has 4 heterocycles. The van der Waals surface area contributed by atoms with Crippen LogP contribution in [-0.4, -0.2) is 275 Å². The third-order valence-electron chi connectivity index (χ3n) is 18.5. The fourth-order valence-electron chi connectivity index (χ4n) is 14.3. The number of hydrogen-bond acceptors (Lipinski definition) is 27. The van der Waals surface area contributed by atoms with Gasteiger partial charge in [0, 0.05) is 7.11 Å². The molecule has 0 aromatic heterocycles. The monoisotopic (exact) mass is 1100 g/mol. The second-order valence-electron chi connectivity index (χ2n) is 22.8. The summed E-state index contributed by atoms with van der Waals surface area (Å²) in [6.07, 6.45) is -36.0. The van der Waals surface area contributed by atoms with Crippen LogP contribution in [0.15, 0.2) is 12.2 Å². The molecule has 8 rings (SSSR count). The molecule has 27 nitrogen and oxygen atoms in total. The lowest BCUT2D eigenvalue weighted by Crippen LogP contribution is -2.67. The van der Waals surface area contributed by atoms with Crippen molar-refractivity contribution in [2.24, 2.45) is 28.1 Å². The molecule has 4 saturated carbocycles. The Hall–Kier alpha value is -1.79. The summed E-state index contributed by atoms with van der Waals surface area (Å²) in [5.74, 6) is -0.908. The van der Waals surface area contributed by atoms with Crippen LogP contribution in [0.4, 0.5) is 0 Å².